The lowest BCUT2D eigenvalue weighted by molar-refractivity contribution is 0.0695. The summed E-state index contributed by atoms with van der Waals surface area (Å²) in [4.78, 5) is 36.6. The number of nitrogens with one attached hydrogen (secondary N) is 2. The first-order chi connectivity index (χ1) is 11.8. The summed E-state index contributed by atoms with van der Waals surface area (Å²) in [5.41, 5.74) is 4.19. The van der Waals surface area contributed by atoms with Gasteiger partial charge in [0.15, 0.2) is 0 Å². The minimum atomic E-state index is -0.914. The molecule has 0 unspecified atom stereocenters. The van der Waals surface area contributed by atoms with Crippen molar-refractivity contribution < 1.29 is 9.90 Å². The van der Waals surface area contributed by atoms with Crippen molar-refractivity contribution in [2.75, 3.05) is 6.54 Å². The Morgan fingerprint density at radius 3 is 2.64 bits per heavy atom. The van der Waals surface area contributed by atoms with Gasteiger partial charge in [-0.15, -0.1) is 0 Å². The molecular weight excluding hydrogens is 320 g/mol. The summed E-state index contributed by atoms with van der Waals surface area (Å²) in [5, 5.41) is 9.32. The second-order valence-electron chi connectivity index (χ2n) is 7.03. The normalized spacial score (nSPS) is 14.8. The number of carboxylic acids is 1. The van der Waals surface area contributed by atoms with Gasteiger partial charge in [0.2, 0.25) is 0 Å². The van der Waals surface area contributed by atoms with Crippen molar-refractivity contribution >= 4 is 5.97 Å². The molecule has 7 nitrogen and oxygen atoms in total. The van der Waals surface area contributed by atoms with Crippen molar-refractivity contribution in [2.24, 2.45) is 0 Å². The first kappa shape index (κ1) is 17.4. The molecule has 134 valence electrons. The van der Waals surface area contributed by atoms with Crippen LogP contribution in [0.4, 0.5) is 0 Å². The molecule has 2 aromatic heterocycles. The first-order valence-corrected chi connectivity index (χ1v) is 8.53. The van der Waals surface area contributed by atoms with Crippen LogP contribution in [0.5, 0.6) is 0 Å². The molecule has 0 aromatic carbocycles. The van der Waals surface area contributed by atoms with Gasteiger partial charge in [-0.25, -0.2) is 9.78 Å². The topological polar surface area (TPSA) is 102 Å². The van der Waals surface area contributed by atoms with E-state index in [9.17, 15) is 14.7 Å². The summed E-state index contributed by atoms with van der Waals surface area (Å²) in [6.45, 7) is 9.52. The van der Waals surface area contributed by atoms with Crippen molar-refractivity contribution in [1.82, 2.24) is 19.9 Å². The summed E-state index contributed by atoms with van der Waals surface area (Å²) >= 11 is 0. The van der Waals surface area contributed by atoms with Crippen LogP contribution in [0, 0.1) is 13.8 Å². The van der Waals surface area contributed by atoms with E-state index in [1.807, 2.05) is 20.8 Å². The molecule has 0 fully saturated rings. The van der Waals surface area contributed by atoms with E-state index in [1.165, 1.54) is 0 Å². The smallest absolute Gasteiger partial charge is 0.337 e. The maximum atomic E-state index is 12.4. The molecular formula is C18H24N4O3. The van der Waals surface area contributed by atoms with E-state index in [1.54, 1.807) is 6.92 Å². The molecule has 1 aliphatic heterocycles. The lowest BCUT2D eigenvalue weighted by Crippen LogP contribution is -2.36. The fourth-order valence-electron chi connectivity index (χ4n) is 3.43. The van der Waals surface area contributed by atoms with Gasteiger partial charge in [0.05, 0.1) is 16.8 Å². The Morgan fingerprint density at radius 1 is 1.32 bits per heavy atom. The van der Waals surface area contributed by atoms with E-state index in [4.69, 9.17) is 0 Å². The quantitative estimate of drug-likeness (QED) is 0.788. The van der Waals surface area contributed by atoms with Gasteiger partial charge in [-0.1, -0.05) is 13.8 Å². The highest BCUT2D eigenvalue weighted by Crippen LogP contribution is 2.22. The number of carbonyl (C=O) groups is 1. The molecule has 0 spiro atoms. The minimum Gasteiger partial charge on any atom is -0.478 e. The molecule has 2 aromatic rings. The van der Waals surface area contributed by atoms with Crippen LogP contribution in [0.2, 0.25) is 0 Å². The first-order valence-electron chi connectivity index (χ1n) is 8.53. The molecule has 0 amide bonds. The molecule has 3 N–H and O–H groups in total. The third kappa shape index (κ3) is 3.24. The maximum Gasteiger partial charge on any atom is 0.337 e. The predicted molar refractivity (Wildman–Crippen MR) is 94.0 cm³/mol. The van der Waals surface area contributed by atoms with E-state index < -0.39 is 5.97 Å². The van der Waals surface area contributed by atoms with E-state index in [0.29, 0.717) is 24.3 Å². The van der Waals surface area contributed by atoms with Gasteiger partial charge in [0.1, 0.15) is 5.82 Å². The second kappa shape index (κ2) is 6.48. The lowest BCUT2D eigenvalue weighted by Gasteiger charge is -2.27. The molecule has 0 atom stereocenters. The monoisotopic (exact) mass is 344 g/mol. The van der Waals surface area contributed by atoms with Crippen LogP contribution < -0.4 is 5.56 Å². The zero-order valence-corrected chi connectivity index (χ0v) is 15.1. The summed E-state index contributed by atoms with van der Waals surface area (Å²) in [7, 11) is 0. The molecule has 3 heterocycles. The Labute approximate surface area is 146 Å². The number of H-pyrrole nitrogens is 2. The van der Waals surface area contributed by atoms with E-state index in [0.717, 1.165) is 41.3 Å². The lowest BCUT2D eigenvalue weighted by atomic mass is 10.0. The average molecular weight is 344 g/mol. The zero-order chi connectivity index (χ0) is 18.3. The number of hydrogen-bond donors (Lipinski definition) is 3. The summed E-state index contributed by atoms with van der Waals surface area (Å²) in [6.07, 6.45) is 0.726. The number of carboxylic acid groups (broad SMARTS) is 1. The Kier molecular flexibility index (Phi) is 4.51. The number of aromatic nitrogens is 3. The van der Waals surface area contributed by atoms with Crippen LogP contribution >= 0.6 is 0 Å². The van der Waals surface area contributed by atoms with Crippen molar-refractivity contribution in [3.63, 3.8) is 0 Å². The van der Waals surface area contributed by atoms with Crippen molar-refractivity contribution in [2.45, 2.75) is 53.1 Å². The average Bonchev–Trinajstić information content (AvgIpc) is 2.81. The van der Waals surface area contributed by atoms with Gasteiger partial charge in [0, 0.05) is 43.4 Å². The highest BCUT2D eigenvalue weighted by molar-refractivity contribution is 5.91. The number of hydrogen-bond acceptors (Lipinski definition) is 4. The minimum absolute atomic E-state index is 0.0657. The number of aromatic carboxylic acids is 1. The van der Waals surface area contributed by atoms with Crippen LogP contribution in [0.15, 0.2) is 4.79 Å². The third-order valence-electron chi connectivity index (χ3n) is 4.85. The number of aromatic amines is 2. The molecule has 0 bridgehead atoms. The van der Waals surface area contributed by atoms with E-state index in [-0.39, 0.29) is 11.5 Å². The highest BCUT2D eigenvalue weighted by atomic mass is 16.4. The van der Waals surface area contributed by atoms with Crippen LogP contribution in [-0.4, -0.2) is 37.5 Å². The van der Waals surface area contributed by atoms with Gasteiger partial charge in [-0.05, 0) is 19.4 Å². The Bertz CT molecular complexity index is 879. The number of fused-ring (bicyclic) bond motifs is 1. The second-order valence-corrected chi connectivity index (χ2v) is 7.03. The van der Waals surface area contributed by atoms with Gasteiger partial charge in [-0.2, -0.15) is 0 Å². The molecule has 0 radical (unpaired) electrons. The molecule has 1 aliphatic rings. The molecule has 0 saturated carbocycles. The molecule has 7 heteroatoms. The fourth-order valence-corrected chi connectivity index (χ4v) is 3.43. The van der Waals surface area contributed by atoms with Gasteiger partial charge in [0.25, 0.3) is 5.56 Å². The number of aryl methyl sites for hydroxylation is 1. The zero-order valence-electron chi connectivity index (χ0n) is 15.1. The van der Waals surface area contributed by atoms with Crippen molar-refractivity contribution in [3.05, 3.63) is 50.0 Å². The maximum absolute atomic E-state index is 12.4. The van der Waals surface area contributed by atoms with Gasteiger partial charge < -0.3 is 15.1 Å². The molecule has 3 rings (SSSR count). The van der Waals surface area contributed by atoms with Gasteiger partial charge in [-0.3, -0.25) is 9.69 Å². The van der Waals surface area contributed by atoms with E-state index in [2.05, 4.69) is 19.9 Å². The van der Waals surface area contributed by atoms with Crippen molar-refractivity contribution in [1.29, 1.82) is 0 Å². The third-order valence-corrected chi connectivity index (χ3v) is 4.85. The summed E-state index contributed by atoms with van der Waals surface area (Å²) < 4.78 is 0. The summed E-state index contributed by atoms with van der Waals surface area (Å²) in [6, 6.07) is 0. The number of rotatable bonds is 4. The van der Waals surface area contributed by atoms with Crippen LogP contribution in [-0.2, 0) is 19.5 Å². The van der Waals surface area contributed by atoms with Gasteiger partial charge >= 0.3 is 5.97 Å². The number of nitrogens with zero attached hydrogens (tertiary/aromatic N) is 2. The molecule has 0 saturated heterocycles. The molecule has 0 aliphatic carbocycles. The largest absolute Gasteiger partial charge is 0.478 e. The van der Waals surface area contributed by atoms with Crippen LogP contribution in [0.25, 0.3) is 0 Å². The Morgan fingerprint density at radius 2 is 2.04 bits per heavy atom. The van der Waals surface area contributed by atoms with Crippen molar-refractivity contribution in [3.8, 4) is 0 Å². The highest BCUT2D eigenvalue weighted by Gasteiger charge is 2.24. The van der Waals surface area contributed by atoms with Crippen LogP contribution in [0.3, 0.4) is 0 Å². The molecule has 25 heavy (non-hydrogen) atoms. The van der Waals surface area contributed by atoms with Crippen LogP contribution in [0.1, 0.15) is 64.2 Å². The Hall–Kier alpha value is -2.41. The standard InChI is InChI=1S/C18H24N4O3/c1-9(2)16-20-13-5-6-22(7-12(13)17(23)21-16)8-14-10(3)15(18(24)25)11(4)19-14/h9,19H,5-8H2,1-4H3,(H,24,25)(H,20,21,23). The predicted octanol–water partition coefficient (Wildman–Crippen LogP) is 2.09. The fraction of sp³-hybridized carbons (Fsp3) is 0.500. The SMILES string of the molecule is Cc1[nH]c(CN2CCc3nc(C(C)C)[nH]c(=O)c3C2)c(C)c1C(=O)O. The van der Waals surface area contributed by atoms with E-state index >= 15 is 0 Å². The Balaban J connectivity index is 1.84. The summed E-state index contributed by atoms with van der Waals surface area (Å²) in [5.74, 6) is 0.0116.